The minimum atomic E-state index is 0.582. The first-order chi connectivity index (χ1) is 12.0. The summed E-state index contributed by atoms with van der Waals surface area (Å²) in [6.07, 6.45) is 1.91. The lowest BCUT2D eigenvalue weighted by molar-refractivity contribution is 0.262. The van der Waals surface area contributed by atoms with Gasteiger partial charge < -0.3 is 19.9 Å². The fourth-order valence-corrected chi connectivity index (χ4v) is 2.96. The number of anilines is 1. The predicted octanol–water partition coefficient (Wildman–Crippen LogP) is 5.03. The number of hydrogen-bond donors (Lipinski definition) is 2. The van der Waals surface area contributed by atoms with Crippen molar-refractivity contribution in [1.29, 1.82) is 0 Å². The second-order valence-electron chi connectivity index (χ2n) is 6.15. The molecule has 0 saturated carbocycles. The number of nitrogens with one attached hydrogen (secondary N) is 2. The van der Waals surface area contributed by atoms with Crippen molar-refractivity contribution < 1.29 is 4.74 Å². The highest BCUT2D eigenvalue weighted by molar-refractivity contribution is 6.32. The van der Waals surface area contributed by atoms with Crippen LogP contribution >= 0.6 is 23.2 Å². The largest absolute Gasteiger partial charge is 0.490 e. The van der Waals surface area contributed by atoms with Gasteiger partial charge in [-0.3, -0.25) is 0 Å². The summed E-state index contributed by atoms with van der Waals surface area (Å²) in [5.41, 5.74) is 2.93. The molecule has 25 heavy (non-hydrogen) atoms. The van der Waals surface area contributed by atoms with Crippen LogP contribution in [0.15, 0.2) is 42.6 Å². The lowest BCUT2D eigenvalue weighted by Crippen LogP contribution is -2.19. The van der Waals surface area contributed by atoms with Crippen molar-refractivity contribution in [2.45, 2.75) is 6.54 Å². The monoisotopic (exact) mass is 377 g/mol. The highest BCUT2D eigenvalue weighted by Crippen LogP contribution is 2.30. The molecule has 0 fully saturated rings. The Hall–Kier alpha value is -1.88. The van der Waals surface area contributed by atoms with Gasteiger partial charge in [0.1, 0.15) is 12.4 Å². The molecule has 0 unspecified atom stereocenters. The van der Waals surface area contributed by atoms with E-state index < -0.39 is 0 Å². The maximum atomic E-state index is 6.40. The van der Waals surface area contributed by atoms with E-state index in [4.69, 9.17) is 27.9 Å². The zero-order valence-corrected chi connectivity index (χ0v) is 15.8. The average Bonchev–Trinajstić information content (AvgIpc) is 3.01. The van der Waals surface area contributed by atoms with Crippen LogP contribution in [0.3, 0.4) is 0 Å². The third-order valence-electron chi connectivity index (χ3n) is 3.93. The molecule has 2 aromatic carbocycles. The Balaban J connectivity index is 1.74. The van der Waals surface area contributed by atoms with Crippen molar-refractivity contribution in [1.82, 2.24) is 9.88 Å². The molecule has 6 heteroatoms. The third kappa shape index (κ3) is 4.60. The Kier molecular flexibility index (Phi) is 5.74. The Morgan fingerprint density at radius 1 is 1.12 bits per heavy atom. The summed E-state index contributed by atoms with van der Waals surface area (Å²) < 4.78 is 5.88. The molecule has 0 saturated heterocycles. The van der Waals surface area contributed by atoms with Crippen molar-refractivity contribution in [3.8, 4) is 5.75 Å². The Bertz CT molecular complexity index is 861. The standard InChI is InChI=1S/C19H21Cl2N3O/c1-24(2)7-8-25-19-4-3-15(20)11-18(19)23-12-14-10-17-13(5-6-22-17)9-16(14)21/h3-6,9-11,22-23H,7-8,12H2,1-2H3. The maximum Gasteiger partial charge on any atom is 0.142 e. The number of nitrogens with zero attached hydrogens (tertiary/aromatic N) is 1. The molecular weight excluding hydrogens is 357 g/mol. The van der Waals surface area contributed by atoms with Crippen LogP contribution in [0.25, 0.3) is 10.9 Å². The van der Waals surface area contributed by atoms with Crippen LogP contribution in [0.1, 0.15) is 5.56 Å². The molecule has 0 aliphatic rings. The van der Waals surface area contributed by atoms with E-state index in [0.29, 0.717) is 18.2 Å². The first kappa shape index (κ1) is 17.9. The molecule has 3 rings (SSSR count). The predicted molar refractivity (Wildman–Crippen MR) is 106 cm³/mol. The normalized spacial score (nSPS) is 11.2. The van der Waals surface area contributed by atoms with E-state index >= 15 is 0 Å². The first-order valence-electron chi connectivity index (χ1n) is 8.09. The number of aromatic nitrogens is 1. The number of aromatic amines is 1. The first-order valence-corrected chi connectivity index (χ1v) is 8.85. The van der Waals surface area contributed by atoms with Crippen molar-refractivity contribution in [2.24, 2.45) is 0 Å². The number of halogens is 2. The van der Waals surface area contributed by atoms with Gasteiger partial charge in [-0.05, 0) is 56.1 Å². The molecule has 3 aromatic rings. The van der Waals surface area contributed by atoms with Crippen molar-refractivity contribution in [3.63, 3.8) is 0 Å². The van der Waals surface area contributed by atoms with Crippen molar-refractivity contribution >= 4 is 39.8 Å². The molecule has 1 heterocycles. The van der Waals surface area contributed by atoms with Crippen LogP contribution in [0.4, 0.5) is 5.69 Å². The van der Waals surface area contributed by atoms with Gasteiger partial charge >= 0.3 is 0 Å². The molecule has 2 N–H and O–H groups in total. The number of rotatable bonds is 7. The van der Waals surface area contributed by atoms with E-state index in [1.165, 1.54) is 0 Å². The van der Waals surface area contributed by atoms with Crippen LogP contribution in [0.2, 0.25) is 10.0 Å². The summed E-state index contributed by atoms with van der Waals surface area (Å²) in [5.74, 6) is 0.781. The number of likely N-dealkylation sites (N-methyl/N-ethyl adjacent to an activating group) is 1. The molecule has 132 valence electrons. The summed E-state index contributed by atoms with van der Waals surface area (Å²) in [6, 6.07) is 11.6. The van der Waals surface area contributed by atoms with Gasteiger partial charge in [0.25, 0.3) is 0 Å². The average molecular weight is 378 g/mol. The van der Waals surface area contributed by atoms with E-state index in [1.54, 1.807) is 0 Å². The molecule has 0 aliphatic heterocycles. The smallest absolute Gasteiger partial charge is 0.142 e. The topological polar surface area (TPSA) is 40.3 Å². The van der Waals surface area contributed by atoms with E-state index in [1.807, 2.05) is 50.6 Å². The van der Waals surface area contributed by atoms with E-state index in [9.17, 15) is 0 Å². The van der Waals surface area contributed by atoms with E-state index in [2.05, 4.69) is 21.3 Å². The molecule has 0 atom stereocenters. The minimum Gasteiger partial charge on any atom is -0.490 e. The summed E-state index contributed by atoms with van der Waals surface area (Å²) in [7, 11) is 4.03. The zero-order chi connectivity index (χ0) is 17.8. The second kappa shape index (κ2) is 8.00. The number of benzene rings is 2. The summed E-state index contributed by atoms with van der Waals surface area (Å²) in [4.78, 5) is 5.29. The SMILES string of the molecule is CN(C)CCOc1ccc(Cl)cc1NCc1cc2[nH]ccc2cc1Cl. The molecule has 4 nitrogen and oxygen atoms in total. The molecule has 0 spiro atoms. The number of fused-ring (bicyclic) bond motifs is 1. The Labute approximate surface area is 157 Å². The van der Waals surface area contributed by atoms with Crippen LogP contribution in [-0.2, 0) is 6.54 Å². The van der Waals surface area contributed by atoms with Crippen LogP contribution in [0.5, 0.6) is 5.75 Å². The molecule has 0 radical (unpaired) electrons. The minimum absolute atomic E-state index is 0.582. The third-order valence-corrected chi connectivity index (χ3v) is 4.51. The fourth-order valence-electron chi connectivity index (χ4n) is 2.55. The summed E-state index contributed by atoms with van der Waals surface area (Å²) in [5, 5.41) is 5.88. The van der Waals surface area contributed by atoms with Crippen LogP contribution in [0, 0.1) is 0 Å². The number of ether oxygens (including phenoxy) is 1. The quantitative estimate of drug-likeness (QED) is 0.606. The summed E-state index contributed by atoms with van der Waals surface area (Å²) in [6.45, 7) is 2.04. The Morgan fingerprint density at radius 2 is 1.96 bits per heavy atom. The van der Waals surface area contributed by atoms with Gasteiger partial charge in [-0.15, -0.1) is 0 Å². The van der Waals surface area contributed by atoms with Crippen molar-refractivity contribution in [2.75, 3.05) is 32.6 Å². The van der Waals surface area contributed by atoms with Crippen LogP contribution in [-0.4, -0.2) is 37.1 Å². The van der Waals surface area contributed by atoms with Crippen LogP contribution < -0.4 is 10.1 Å². The van der Waals surface area contributed by atoms with Gasteiger partial charge in [0.15, 0.2) is 0 Å². The highest BCUT2D eigenvalue weighted by atomic mass is 35.5. The zero-order valence-electron chi connectivity index (χ0n) is 14.3. The van der Waals surface area contributed by atoms with Gasteiger partial charge in [0.2, 0.25) is 0 Å². The summed E-state index contributed by atoms with van der Waals surface area (Å²) >= 11 is 12.5. The fraction of sp³-hybridized carbons (Fsp3) is 0.263. The van der Waals surface area contributed by atoms with E-state index in [0.717, 1.165) is 39.5 Å². The van der Waals surface area contributed by atoms with E-state index in [-0.39, 0.29) is 0 Å². The van der Waals surface area contributed by atoms with Gasteiger partial charge in [0, 0.05) is 40.2 Å². The van der Waals surface area contributed by atoms with Gasteiger partial charge in [-0.1, -0.05) is 23.2 Å². The lowest BCUT2D eigenvalue weighted by Gasteiger charge is -2.16. The second-order valence-corrected chi connectivity index (χ2v) is 7.00. The lowest BCUT2D eigenvalue weighted by atomic mass is 10.1. The maximum absolute atomic E-state index is 6.40. The molecule has 0 bridgehead atoms. The van der Waals surface area contributed by atoms with Gasteiger partial charge in [-0.2, -0.15) is 0 Å². The van der Waals surface area contributed by atoms with Gasteiger partial charge in [0.05, 0.1) is 5.69 Å². The van der Waals surface area contributed by atoms with Gasteiger partial charge in [-0.25, -0.2) is 0 Å². The number of H-pyrrole nitrogens is 1. The number of hydrogen-bond acceptors (Lipinski definition) is 3. The molecule has 0 aliphatic carbocycles. The van der Waals surface area contributed by atoms with Crippen molar-refractivity contribution in [3.05, 3.63) is 58.2 Å². The Morgan fingerprint density at radius 3 is 2.76 bits per heavy atom. The highest BCUT2D eigenvalue weighted by Gasteiger charge is 2.08. The molecular formula is C19H21Cl2N3O. The molecule has 0 amide bonds. The molecule has 1 aromatic heterocycles.